The van der Waals surface area contributed by atoms with Gasteiger partial charge in [-0.2, -0.15) is 8.78 Å². The van der Waals surface area contributed by atoms with Gasteiger partial charge in [0, 0.05) is 12.7 Å². The second-order valence-corrected chi connectivity index (χ2v) is 5.84. The number of hydrogen-bond acceptors (Lipinski definition) is 7. The van der Waals surface area contributed by atoms with Crippen LogP contribution in [-0.2, 0) is 6.54 Å². The molecule has 0 atom stereocenters. The van der Waals surface area contributed by atoms with Gasteiger partial charge in [-0.3, -0.25) is 10.1 Å². The van der Waals surface area contributed by atoms with E-state index in [1.807, 2.05) is 0 Å². The van der Waals surface area contributed by atoms with Gasteiger partial charge in [-0.25, -0.2) is 4.98 Å². The van der Waals surface area contributed by atoms with Gasteiger partial charge in [-0.15, -0.1) is 10.2 Å². The summed E-state index contributed by atoms with van der Waals surface area (Å²) in [5, 5.41) is 13.4. The molecule has 7 nitrogen and oxygen atoms in total. The van der Waals surface area contributed by atoms with Gasteiger partial charge in [-0.05, 0) is 29.8 Å². The highest BCUT2D eigenvalue weighted by atomic mass is 32.1. The van der Waals surface area contributed by atoms with E-state index in [0.29, 0.717) is 23.1 Å². The summed E-state index contributed by atoms with van der Waals surface area (Å²) in [6, 6.07) is 9.64. The molecule has 134 valence electrons. The third-order valence-electron chi connectivity index (χ3n) is 3.20. The van der Waals surface area contributed by atoms with Crippen LogP contribution < -0.4 is 15.4 Å². The van der Waals surface area contributed by atoms with Crippen LogP contribution in [0.25, 0.3) is 0 Å². The van der Waals surface area contributed by atoms with Gasteiger partial charge in [0.2, 0.25) is 5.13 Å². The number of carbonyl (C=O) groups excluding carboxylic acids is 1. The summed E-state index contributed by atoms with van der Waals surface area (Å²) in [5.41, 5.74) is 2.64. The number of amides is 1. The third-order valence-corrected chi connectivity index (χ3v) is 3.81. The monoisotopic (exact) mass is 377 g/mol. The largest absolute Gasteiger partial charge is 0.435 e. The van der Waals surface area contributed by atoms with Gasteiger partial charge in [0.1, 0.15) is 17.1 Å². The quantitative estimate of drug-likeness (QED) is 0.656. The first-order chi connectivity index (χ1) is 12.6. The van der Waals surface area contributed by atoms with Crippen LogP contribution in [0.4, 0.5) is 19.7 Å². The van der Waals surface area contributed by atoms with E-state index >= 15 is 0 Å². The molecule has 0 aliphatic carbocycles. The van der Waals surface area contributed by atoms with Crippen molar-refractivity contribution < 1.29 is 18.3 Å². The number of ether oxygens (including phenoxy) is 1. The first-order valence-electron chi connectivity index (χ1n) is 7.41. The number of pyridine rings is 1. The molecule has 0 bridgehead atoms. The standard InChI is InChI=1S/C16H13F2N5O2S/c17-15(18)25-12-3-1-2-10(6-12)7-19-13-5-4-11(8-20-13)14(24)22-16-23-21-9-26-16/h1-6,8-9,15H,7H2,(H,19,20)(H,22,23,24). The minimum absolute atomic E-state index is 0.0935. The zero-order valence-electron chi connectivity index (χ0n) is 13.2. The van der Waals surface area contributed by atoms with Crippen molar-refractivity contribution in [2.75, 3.05) is 10.6 Å². The van der Waals surface area contributed by atoms with Crippen LogP contribution in [0.15, 0.2) is 48.1 Å². The summed E-state index contributed by atoms with van der Waals surface area (Å²) in [6.45, 7) is -2.50. The zero-order chi connectivity index (χ0) is 18.4. The van der Waals surface area contributed by atoms with E-state index in [1.54, 1.807) is 24.3 Å². The molecule has 10 heteroatoms. The summed E-state index contributed by atoms with van der Waals surface area (Å²) in [5.74, 6) is 0.297. The second kappa shape index (κ2) is 8.30. The average molecular weight is 377 g/mol. The van der Waals surface area contributed by atoms with Crippen molar-refractivity contribution in [1.82, 2.24) is 15.2 Å². The van der Waals surface area contributed by atoms with E-state index in [0.717, 1.165) is 5.56 Å². The number of benzene rings is 1. The molecule has 0 aliphatic rings. The predicted molar refractivity (Wildman–Crippen MR) is 92.5 cm³/mol. The lowest BCUT2D eigenvalue weighted by atomic mass is 10.2. The summed E-state index contributed by atoms with van der Waals surface area (Å²) in [7, 11) is 0. The summed E-state index contributed by atoms with van der Waals surface area (Å²) >= 11 is 1.22. The van der Waals surface area contributed by atoms with Gasteiger partial charge in [0.25, 0.3) is 5.91 Å². The minimum Gasteiger partial charge on any atom is -0.435 e. The SMILES string of the molecule is O=C(Nc1nncs1)c1ccc(NCc2cccc(OC(F)F)c2)nc1. The topological polar surface area (TPSA) is 89.0 Å². The van der Waals surface area contributed by atoms with E-state index in [4.69, 9.17) is 0 Å². The lowest BCUT2D eigenvalue weighted by Crippen LogP contribution is -2.12. The molecule has 1 aromatic carbocycles. The maximum atomic E-state index is 12.2. The van der Waals surface area contributed by atoms with Crippen LogP contribution in [0.1, 0.15) is 15.9 Å². The van der Waals surface area contributed by atoms with E-state index in [2.05, 4.69) is 30.6 Å². The molecule has 2 aromatic heterocycles. The molecule has 26 heavy (non-hydrogen) atoms. The molecule has 0 aliphatic heterocycles. The molecule has 0 unspecified atom stereocenters. The number of alkyl halides is 2. The number of aromatic nitrogens is 3. The molecule has 0 spiro atoms. The van der Waals surface area contributed by atoms with Crippen LogP contribution in [0.3, 0.4) is 0 Å². The Kier molecular flexibility index (Phi) is 5.64. The Hall–Kier alpha value is -3.14. The van der Waals surface area contributed by atoms with E-state index < -0.39 is 6.61 Å². The normalized spacial score (nSPS) is 10.6. The molecular formula is C16H13F2N5O2S. The van der Waals surface area contributed by atoms with E-state index in [-0.39, 0.29) is 11.7 Å². The fourth-order valence-corrected chi connectivity index (χ4v) is 2.49. The molecule has 0 saturated heterocycles. The fraction of sp³-hybridized carbons (Fsp3) is 0.125. The molecule has 2 N–H and O–H groups in total. The number of nitrogens with zero attached hydrogens (tertiary/aromatic N) is 3. The zero-order valence-corrected chi connectivity index (χ0v) is 14.0. The number of nitrogens with one attached hydrogen (secondary N) is 2. The predicted octanol–water partition coefficient (Wildman–Crippen LogP) is 3.40. The molecule has 1 amide bonds. The highest BCUT2D eigenvalue weighted by molar-refractivity contribution is 7.13. The Morgan fingerprint density at radius 3 is 2.85 bits per heavy atom. The molecule has 0 radical (unpaired) electrons. The Morgan fingerprint density at radius 2 is 2.15 bits per heavy atom. The van der Waals surface area contributed by atoms with Gasteiger partial charge in [-0.1, -0.05) is 23.5 Å². The van der Waals surface area contributed by atoms with Crippen molar-refractivity contribution in [3.8, 4) is 5.75 Å². The summed E-state index contributed by atoms with van der Waals surface area (Å²) in [4.78, 5) is 16.2. The van der Waals surface area contributed by atoms with Gasteiger partial charge in [0.05, 0.1) is 5.56 Å². The van der Waals surface area contributed by atoms with Crippen molar-refractivity contribution in [2.24, 2.45) is 0 Å². The van der Waals surface area contributed by atoms with Crippen LogP contribution >= 0.6 is 11.3 Å². The van der Waals surface area contributed by atoms with Crippen molar-refractivity contribution in [1.29, 1.82) is 0 Å². The lowest BCUT2D eigenvalue weighted by Gasteiger charge is -2.09. The fourth-order valence-electron chi connectivity index (χ4n) is 2.05. The smallest absolute Gasteiger partial charge is 0.387 e. The second-order valence-electron chi connectivity index (χ2n) is 5.01. The van der Waals surface area contributed by atoms with Gasteiger partial charge in [0.15, 0.2) is 0 Å². The van der Waals surface area contributed by atoms with Crippen molar-refractivity contribution in [3.05, 3.63) is 59.2 Å². The van der Waals surface area contributed by atoms with Crippen molar-refractivity contribution in [2.45, 2.75) is 13.2 Å². The van der Waals surface area contributed by atoms with Crippen molar-refractivity contribution in [3.63, 3.8) is 0 Å². The van der Waals surface area contributed by atoms with E-state index in [1.165, 1.54) is 35.2 Å². The first-order valence-corrected chi connectivity index (χ1v) is 8.29. The highest BCUT2D eigenvalue weighted by Gasteiger charge is 2.09. The lowest BCUT2D eigenvalue weighted by molar-refractivity contribution is -0.0498. The maximum Gasteiger partial charge on any atom is 0.387 e. The highest BCUT2D eigenvalue weighted by Crippen LogP contribution is 2.17. The molecule has 0 saturated carbocycles. The molecular weight excluding hydrogens is 364 g/mol. The molecule has 0 fully saturated rings. The van der Waals surface area contributed by atoms with Crippen LogP contribution in [0.5, 0.6) is 5.75 Å². The third kappa shape index (κ3) is 4.93. The van der Waals surface area contributed by atoms with Crippen LogP contribution in [-0.4, -0.2) is 27.7 Å². The average Bonchev–Trinajstić information content (AvgIpc) is 3.13. The molecule has 3 rings (SSSR count). The Labute approximate surface area is 151 Å². The van der Waals surface area contributed by atoms with Gasteiger partial charge < -0.3 is 10.1 Å². The first kappa shape index (κ1) is 17.7. The van der Waals surface area contributed by atoms with Crippen LogP contribution in [0.2, 0.25) is 0 Å². The Bertz CT molecular complexity index is 859. The van der Waals surface area contributed by atoms with Gasteiger partial charge >= 0.3 is 6.61 Å². The molecule has 2 heterocycles. The number of hydrogen-bond donors (Lipinski definition) is 2. The Morgan fingerprint density at radius 1 is 1.27 bits per heavy atom. The summed E-state index contributed by atoms with van der Waals surface area (Å²) < 4.78 is 28.8. The Balaban J connectivity index is 1.57. The molecule has 3 aromatic rings. The minimum atomic E-state index is -2.86. The van der Waals surface area contributed by atoms with Crippen molar-refractivity contribution >= 4 is 28.2 Å². The van der Waals surface area contributed by atoms with E-state index in [9.17, 15) is 13.6 Å². The van der Waals surface area contributed by atoms with Crippen LogP contribution in [0, 0.1) is 0 Å². The maximum absolute atomic E-state index is 12.2. The number of halogens is 2. The summed E-state index contributed by atoms with van der Waals surface area (Å²) in [6.07, 6.45) is 1.43. The number of anilines is 2. The number of carbonyl (C=O) groups is 1. The number of rotatable bonds is 7.